The van der Waals surface area contributed by atoms with Crippen LogP contribution < -0.4 is 5.56 Å². The molecule has 0 saturated heterocycles. The zero-order valence-electron chi connectivity index (χ0n) is 9.50. The molecule has 90 valence electrons. The summed E-state index contributed by atoms with van der Waals surface area (Å²) >= 11 is 6.66. The number of hydrogen-bond donors (Lipinski definition) is 2. The Morgan fingerprint density at radius 1 is 1.47 bits per heavy atom. The van der Waals surface area contributed by atoms with Gasteiger partial charge < -0.3 is 4.98 Å². The minimum absolute atomic E-state index is 0.0498. The molecule has 0 atom stereocenters. The first-order chi connectivity index (χ1) is 8.19. The minimum atomic E-state index is -0.0498. The van der Waals surface area contributed by atoms with Crippen LogP contribution in [0.3, 0.4) is 0 Å². The highest BCUT2D eigenvalue weighted by atomic mass is 32.1. The third-order valence-electron chi connectivity index (χ3n) is 3.26. The molecular formula is C11H13N3OS2. The fourth-order valence-electron chi connectivity index (χ4n) is 2.35. The van der Waals surface area contributed by atoms with Crippen molar-refractivity contribution >= 4 is 33.8 Å². The molecule has 0 radical (unpaired) electrons. The lowest BCUT2D eigenvalue weighted by molar-refractivity contribution is 0.272. The van der Waals surface area contributed by atoms with Gasteiger partial charge in [0.2, 0.25) is 0 Å². The molecule has 0 fully saturated rings. The topological polar surface area (TPSA) is 51.9 Å². The Bertz CT molecular complexity index is 682. The summed E-state index contributed by atoms with van der Waals surface area (Å²) in [5, 5.41) is 0.814. The number of hydrogen-bond acceptors (Lipinski definition) is 4. The zero-order chi connectivity index (χ0) is 12.0. The third-order valence-corrected chi connectivity index (χ3v) is 4.60. The van der Waals surface area contributed by atoms with Gasteiger partial charge in [0, 0.05) is 18.0 Å². The van der Waals surface area contributed by atoms with Gasteiger partial charge >= 0.3 is 0 Å². The molecular weight excluding hydrogens is 254 g/mol. The van der Waals surface area contributed by atoms with E-state index in [1.807, 2.05) is 0 Å². The summed E-state index contributed by atoms with van der Waals surface area (Å²) in [5.41, 5.74) is 1.16. The van der Waals surface area contributed by atoms with E-state index in [0.717, 1.165) is 36.3 Å². The van der Waals surface area contributed by atoms with E-state index in [9.17, 15) is 4.79 Å². The predicted molar refractivity (Wildman–Crippen MR) is 72.3 cm³/mol. The second-order valence-corrected chi connectivity index (χ2v) is 5.75. The van der Waals surface area contributed by atoms with Crippen molar-refractivity contribution in [3.63, 3.8) is 0 Å². The van der Waals surface area contributed by atoms with Crippen LogP contribution in [-0.4, -0.2) is 28.0 Å². The first-order valence-corrected chi connectivity index (χ1v) is 6.90. The van der Waals surface area contributed by atoms with Crippen molar-refractivity contribution in [3.05, 3.63) is 25.6 Å². The quantitative estimate of drug-likeness (QED) is 0.777. The summed E-state index contributed by atoms with van der Waals surface area (Å²) in [7, 11) is 0. The van der Waals surface area contributed by atoms with E-state index in [-0.39, 0.29) is 5.56 Å². The molecule has 0 amide bonds. The number of aromatic nitrogens is 2. The van der Waals surface area contributed by atoms with E-state index in [4.69, 9.17) is 12.2 Å². The van der Waals surface area contributed by atoms with E-state index < -0.39 is 0 Å². The monoisotopic (exact) mass is 267 g/mol. The molecule has 6 heteroatoms. The molecule has 0 saturated carbocycles. The summed E-state index contributed by atoms with van der Waals surface area (Å²) in [6.07, 6.45) is 0.955. The number of likely N-dealkylation sites (N-methyl/N-ethyl adjacent to an activating group) is 1. The first kappa shape index (κ1) is 11.1. The van der Waals surface area contributed by atoms with Crippen molar-refractivity contribution in [1.29, 1.82) is 0 Å². The van der Waals surface area contributed by atoms with Gasteiger partial charge in [0.1, 0.15) is 4.83 Å². The fourth-order valence-corrected chi connectivity index (χ4v) is 3.91. The smallest absolute Gasteiger partial charge is 0.260 e. The third kappa shape index (κ3) is 1.76. The van der Waals surface area contributed by atoms with Crippen LogP contribution in [0.4, 0.5) is 0 Å². The molecule has 3 heterocycles. The van der Waals surface area contributed by atoms with Crippen molar-refractivity contribution < 1.29 is 0 Å². The van der Waals surface area contributed by atoms with Gasteiger partial charge in [-0.2, -0.15) is 0 Å². The molecule has 2 aromatic heterocycles. The summed E-state index contributed by atoms with van der Waals surface area (Å²) in [6, 6.07) is 0. The zero-order valence-corrected chi connectivity index (χ0v) is 11.1. The van der Waals surface area contributed by atoms with E-state index in [0.29, 0.717) is 4.77 Å². The van der Waals surface area contributed by atoms with Crippen molar-refractivity contribution in [1.82, 2.24) is 14.9 Å². The van der Waals surface area contributed by atoms with Gasteiger partial charge in [0.15, 0.2) is 4.77 Å². The Balaban J connectivity index is 2.26. The van der Waals surface area contributed by atoms with E-state index in [1.54, 1.807) is 11.3 Å². The number of aromatic amines is 2. The molecule has 1 aliphatic heterocycles. The highest BCUT2D eigenvalue weighted by Gasteiger charge is 2.21. The molecule has 3 rings (SSSR count). The summed E-state index contributed by atoms with van der Waals surface area (Å²) < 4.78 is 0.411. The lowest BCUT2D eigenvalue weighted by atomic mass is 10.1. The van der Waals surface area contributed by atoms with E-state index in [2.05, 4.69) is 21.8 Å². The maximum atomic E-state index is 11.9. The summed E-state index contributed by atoms with van der Waals surface area (Å²) in [5.74, 6) is 0. The molecule has 2 N–H and O–H groups in total. The van der Waals surface area contributed by atoms with Crippen LogP contribution >= 0.6 is 23.6 Å². The van der Waals surface area contributed by atoms with Gasteiger partial charge in [-0.1, -0.05) is 6.92 Å². The second kappa shape index (κ2) is 4.04. The van der Waals surface area contributed by atoms with Crippen LogP contribution in [-0.2, 0) is 13.0 Å². The van der Waals surface area contributed by atoms with Gasteiger partial charge in [0.05, 0.1) is 5.39 Å². The Hall–Kier alpha value is -0.980. The largest absolute Gasteiger partial charge is 0.323 e. The summed E-state index contributed by atoms with van der Waals surface area (Å²) in [4.78, 5) is 22.3. The number of thiophene rings is 1. The standard InChI is InChI=1S/C11H13N3OS2/c1-2-14-4-3-6-7(5-14)17-10-8(6)9(15)12-11(16)13-10/h2-5H2,1H3,(H2,12,13,15,16). The molecule has 17 heavy (non-hydrogen) atoms. The van der Waals surface area contributed by atoms with Crippen LogP contribution in [0.1, 0.15) is 17.4 Å². The Morgan fingerprint density at radius 2 is 2.29 bits per heavy atom. The molecule has 0 bridgehead atoms. The average Bonchev–Trinajstić information content (AvgIpc) is 2.65. The van der Waals surface area contributed by atoms with Gasteiger partial charge in [-0.05, 0) is 30.7 Å². The van der Waals surface area contributed by atoms with Crippen molar-refractivity contribution in [2.24, 2.45) is 0 Å². The van der Waals surface area contributed by atoms with Crippen LogP contribution in [0, 0.1) is 4.77 Å². The number of H-pyrrole nitrogens is 2. The fraction of sp³-hybridized carbons (Fsp3) is 0.455. The van der Waals surface area contributed by atoms with Crippen LogP contribution in [0.5, 0.6) is 0 Å². The van der Waals surface area contributed by atoms with E-state index in [1.165, 1.54) is 10.4 Å². The molecule has 0 unspecified atom stereocenters. The average molecular weight is 267 g/mol. The Labute approximate surface area is 107 Å². The van der Waals surface area contributed by atoms with Crippen molar-refractivity contribution in [3.8, 4) is 0 Å². The van der Waals surface area contributed by atoms with E-state index >= 15 is 0 Å². The van der Waals surface area contributed by atoms with Gasteiger partial charge in [0.25, 0.3) is 5.56 Å². The number of nitrogens with zero attached hydrogens (tertiary/aromatic N) is 1. The maximum Gasteiger partial charge on any atom is 0.260 e. The normalized spacial score (nSPS) is 16.3. The molecule has 0 spiro atoms. The predicted octanol–water partition coefficient (Wildman–Crippen LogP) is 2.03. The van der Waals surface area contributed by atoms with Gasteiger partial charge in [-0.15, -0.1) is 11.3 Å². The summed E-state index contributed by atoms with van der Waals surface area (Å²) in [6.45, 7) is 5.20. The molecule has 1 aliphatic rings. The Kier molecular flexibility index (Phi) is 2.65. The maximum absolute atomic E-state index is 11.9. The van der Waals surface area contributed by atoms with Crippen molar-refractivity contribution in [2.75, 3.05) is 13.1 Å². The Morgan fingerprint density at radius 3 is 3.06 bits per heavy atom. The van der Waals surface area contributed by atoms with Crippen LogP contribution in [0.25, 0.3) is 10.2 Å². The molecule has 0 aromatic carbocycles. The SMILES string of the molecule is CCN1CCc2c(sc3[nH]c(=S)[nH]c(=O)c23)C1. The lowest BCUT2D eigenvalue weighted by Crippen LogP contribution is -2.29. The lowest BCUT2D eigenvalue weighted by Gasteiger charge is -2.24. The van der Waals surface area contributed by atoms with Gasteiger partial charge in [-0.3, -0.25) is 14.7 Å². The molecule has 2 aromatic rings. The highest BCUT2D eigenvalue weighted by Crippen LogP contribution is 2.31. The minimum Gasteiger partial charge on any atom is -0.323 e. The van der Waals surface area contributed by atoms with Crippen molar-refractivity contribution in [2.45, 2.75) is 19.9 Å². The highest BCUT2D eigenvalue weighted by molar-refractivity contribution is 7.71. The van der Waals surface area contributed by atoms with Gasteiger partial charge in [-0.25, -0.2) is 0 Å². The van der Waals surface area contributed by atoms with Crippen LogP contribution in [0.15, 0.2) is 4.79 Å². The first-order valence-electron chi connectivity index (χ1n) is 5.68. The molecule has 0 aliphatic carbocycles. The number of rotatable bonds is 1. The van der Waals surface area contributed by atoms with Crippen LogP contribution in [0.2, 0.25) is 0 Å². The number of nitrogens with one attached hydrogen (secondary N) is 2. The second-order valence-electron chi connectivity index (χ2n) is 4.23. The molecule has 4 nitrogen and oxygen atoms in total. The number of fused-ring (bicyclic) bond motifs is 3.